The van der Waals surface area contributed by atoms with Crippen LogP contribution in [-0.4, -0.2) is 0 Å². The topological polar surface area (TPSA) is 15.3 Å². The highest BCUT2D eigenvalue weighted by atomic mass is 15.1. The molecule has 1 aliphatic heterocycles. The molecule has 3 aliphatic carbocycles. The third-order valence-corrected chi connectivity index (χ3v) is 13.2. The van der Waals surface area contributed by atoms with E-state index in [4.69, 9.17) is 0 Å². The second kappa shape index (κ2) is 13.5. The van der Waals surface area contributed by atoms with Gasteiger partial charge in [0.15, 0.2) is 0 Å². The predicted molar refractivity (Wildman–Crippen MR) is 249 cm³/mol. The van der Waals surface area contributed by atoms with Gasteiger partial charge in [0.05, 0.1) is 5.41 Å². The van der Waals surface area contributed by atoms with Gasteiger partial charge < -0.3 is 10.2 Å². The van der Waals surface area contributed by atoms with Crippen LogP contribution in [0.15, 0.2) is 211 Å². The first-order chi connectivity index (χ1) is 29.3. The molecule has 2 nitrogen and oxygen atoms in total. The average molecular weight is 755 g/mol. The van der Waals surface area contributed by atoms with Gasteiger partial charge in [0.1, 0.15) is 0 Å². The smallest absolute Gasteiger partial charge is 0.0673 e. The number of anilines is 5. The van der Waals surface area contributed by atoms with Gasteiger partial charge in [-0.05, 0) is 147 Å². The molecule has 280 valence electrons. The van der Waals surface area contributed by atoms with Gasteiger partial charge in [0, 0.05) is 39.4 Å². The first kappa shape index (κ1) is 33.9. The molecule has 0 aromatic heterocycles. The van der Waals surface area contributed by atoms with Crippen molar-refractivity contribution in [2.24, 2.45) is 0 Å². The minimum absolute atomic E-state index is 0.296. The lowest BCUT2D eigenvalue weighted by Gasteiger charge is -2.38. The van der Waals surface area contributed by atoms with Gasteiger partial charge >= 0.3 is 0 Å². The number of allylic oxidation sites excluding steroid dienone is 8. The number of hydrogen-bond donors (Lipinski definition) is 1. The highest BCUT2D eigenvalue weighted by molar-refractivity contribution is 6.16. The van der Waals surface area contributed by atoms with Gasteiger partial charge in [0.25, 0.3) is 0 Å². The summed E-state index contributed by atoms with van der Waals surface area (Å²) in [6.45, 7) is 0. The number of nitrogens with one attached hydrogen (secondary N) is 1. The van der Waals surface area contributed by atoms with E-state index in [0.717, 1.165) is 54.1 Å². The highest BCUT2D eigenvalue weighted by Crippen LogP contribution is 2.59. The summed E-state index contributed by atoms with van der Waals surface area (Å²) in [7, 11) is 0. The van der Waals surface area contributed by atoms with E-state index in [2.05, 4.69) is 210 Å². The third kappa shape index (κ3) is 5.19. The average Bonchev–Trinajstić information content (AvgIpc) is 3.60. The van der Waals surface area contributed by atoms with E-state index in [1.807, 2.05) is 0 Å². The molecule has 8 aromatic rings. The van der Waals surface area contributed by atoms with Crippen molar-refractivity contribution in [3.05, 3.63) is 228 Å². The molecule has 0 saturated heterocycles. The number of nitrogens with zero attached hydrogens (tertiary/aromatic N) is 1. The molecule has 0 bridgehead atoms. The predicted octanol–water partition coefficient (Wildman–Crippen LogP) is 15.5. The normalized spacial score (nSPS) is 17.3. The lowest BCUT2D eigenvalue weighted by Crippen LogP contribution is -2.31. The summed E-state index contributed by atoms with van der Waals surface area (Å²) in [5.41, 5.74) is 18.8. The standard InChI is InChI=1S/C57H42N2/c1-4-17-41(18-5-1)57(42-19-6-2-7-20-42)52-26-13-12-23-47(52)50-37-45(31-33-53(50)57)59(43-21-8-3-9-22-43)44-29-27-38(28-30-44)46-32-34-54-56-48(46)24-14-25-49(56)51-35-39-15-10-11-16-40(39)36-55(51)58-54/h1,3-6,8-12,14-25,27-37,58H,2,7,13,26H2. The molecule has 1 unspecified atom stereocenters. The Labute approximate surface area is 345 Å². The molecule has 0 fully saturated rings. The molecule has 8 aromatic carbocycles. The maximum absolute atomic E-state index is 3.78. The van der Waals surface area contributed by atoms with Crippen LogP contribution in [0.3, 0.4) is 0 Å². The summed E-state index contributed by atoms with van der Waals surface area (Å²) in [6.07, 6.45) is 16.3. The minimum Gasteiger partial charge on any atom is -0.354 e. The van der Waals surface area contributed by atoms with Gasteiger partial charge in [0.2, 0.25) is 0 Å². The van der Waals surface area contributed by atoms with E-state index in [1.54, 1.807) is 0 Å². The van der Waals surface area contributed by atoms with Crippen molar-refractivity contribution in [3.63, 3.8) is 0 Å². The molecule has 0 amide bonds. The maximum Gasteiger partial charge on any atom is 0.0673 e. The monoisotopic (exact) mass is 754 g/mol. The molecule has 0 spiro atoms. The fourth-order valence-corrected chi connectivity index (χ4v) is 10.6. The Bertz CT molecular complexity index is 3110. The van der Waals surface area contributed by atoms with Crippen LogP contribution in [-0.2, 0) is 5.41 Å². The maximum atomic E-state index is 3.78. The van der Waals surface area contributed by atoms with Crippen molar-refractivity contribution in [2.45, 2.75) is 31.1 Å². The molecular formula is C57H42N2. The molecule has 1 N–H and O–H groups in total. The van der Waals surface area contributed by atoms with E-state index in [0.29, 0.717) is 0 Å². The first-order valence-corrected chi connectivity index (χ1v) is 21.0. The number of hydrogen-bond acceptors (Lipinski definition) is 2. The van der Waals surface area contributed by atoms with Crippen molar-refractivity contribution >= 4 is 55.6 Å². The second-order valence-corrected chi connectivity index (χ2v) is 16.3. The second-order valence-electron chi connectivity index (χ2n) is 16.3. The fourth-order valence-electron chi connectivity index (χ4n) is 10.6. The Morgan fingerprint density at radius 2 is 1.24 bits per heavy atom. The van der Waals surface area contributed by atoms with Gasteiger partial charge in [-0.3, -0.25) is 0 Å². The van der Waals surface area contributed by atoms with E-state index >= 15 is 0 Å². The zero-order valence-electron chi connectivity index (χ0n) is 32.8. The SMILES string of the molecule is C1=CC(C2(c3ccccc3)C3=C(C=CCC3)c3cc(N(c4ccccc4)c4ccc(-c5ccc6c7c(cccc57)-c5cc7ccccc7cc5N6)cc4)ccc32)=CCC1. The van der Waals surface area contributed by atoms with Crippen LogP contribution in [0.25, 0.3) is 49.4 Å². The van der Waals surface area contributed by atoms with E-state index in [-0.39, 0.29) is 5.41 Å². The van der Waals surface area contributed by atoms with Gasteiger partial charge in [-0.25, -0.2) is 0 Å². The van der Waals surface area contributed by atoms with Crippen molar-refractivity contribution in [1.82, 2.24) is 0 Å². The van der Waals surface area contributed by atoms with Crippen LogP contribution in [0.2, 0.25) is 0 Å². The number of benzene rings is 8. The van der Waals surface area contributed by atoms with Crippen LogP contribution < -0.4 is 10.2 Å². The Balaban J connectivity index is 0.976. The number of para-hydroxylation sites is 1. The van der Waals surface area contributed by atoms with Crippen LogP contribution in [0.4, 0.5) is 28.4 Å². The Kier molecular flexibility index (Phi) is 7.74. The van der Waals surface area contributed by atoms with Gasteiger partial charge in [-0.1, -0.05) is 146 Å². The van der Waals surface area contributed by atoms with Crippen LogP contribution in [0.5, 0.6) is 0 Å². The lowest BCUT2D eigenvalue weighted by molar-refractivity contribution is 0.686. The van der Waals surface area contributed by atoms with Gasteiger partial charge in [-0.15, -0.1) is 0 Å². The summed E-state index contributed by atoms with van der Waals surface area (Å²) < 4.78 is 0. The quantitative estimate of drug-likeness (QED) is 0.182. The number of rotatable bonds is 6. The van der Waals surface area contributed by atoms with Gasteiger partial charge in [-0.2, -0.15) is 0 Å². The largest absolute Gasteiger partial charge is 0.354 e. The summed E-state index contributed by atoms with van der Waals surface area (Å²) in [5, 5.41) is 8.82. The van der Waals surface area contributed by atoms with E-state index in [1.165, 1.54) is 77.2 Å². The summed E-state index contributed by atoms with van der Waals surface area (Å²) >= 11 is 0. The summed E-state index contributed by atoms with van der Waals surface area (Å²) in [5.74, 6) is 0. The third-order valence-electron chi connectivity index (χ3n) is 13.2. The zero-order valence-corrected chi connectivity index (χ0v) is 32.8. The van der Waals surface area contributed by atoms with Crippen LogP contribution in [0.1, 0.15) is 42.4 Å². The molecule has 2 heteroatoms. The van der Waals surface area contributed by atoms with E-state index < -0.39 is 0 Å². The van der Waals surface area contributed by atoms with Crippen molar-refractivity contribution < 1.29 is 0 Å². The first-order valence-electron chi connectivity index (χ1n) is 21.0. The Hall–Kier alpha value is -7.16. The molecule has 4 aliphatic rings. The van der Waals surface area contributed by atoms with Crippen LogP contribution in [0, 0.1) is 0 Å². The molecule has 12 rings (SSSR count). The Morgan fingerprint density at radius 3 is 2.05 bits per heavy atom. The lowest BCUT2D eigenvalue weighted by atomic mass is 9.64. The number of fused-ring (bicyclic) bond motifs is 5. The highest BCUT2D eigenvalue weighted by Gasteiger charge is 2.48. The van der Waals surface area contributed by atoms with Crippen LogP contribution >= 0.6 is 0 Å². The van der Waals surface area contributed by atoms with Crippen molar-refractivity contribution in [2.75, 3.05) is 10.2 Å². The molecule has 1 heterocycles. The zero-order chi connectivity index (χ0) is 38.9. The Morgan fingerprint density at radius 1 is 0.492 bits per heavy atom. The summed E-state index contributed by atoms with van der Waals surface area (Å²) in [6, 6.07) is 63.0. The van der Waals surface area contributed by atoms with Crippen molar-refractivity contribution in [3.8, 4) is 22.3 Å². The van der Waals surface area contributed by atoms with E-state index in [9.17, 15) is 0 Å². The summed E-state index contributed by atoms with van der Waals surface area (Å²) in [4.78, 5) is 2.42. The molecular weight excluding hydrogens is 713 g/mol. The van der Waals surface area contributed by atoms with Crippen molar-refractivity contribution in [1.29, 1.82) is 0 Å². The molecule has 0 radical (unpaired) electrons. The fraction of sp³-hybridized carbons (Fsp3) is 0.0877. The molecule has 1 atom stereocenters. The minimum atomic E-state index is -0.296. The molecule has 0 saturated carbocycles. The molecule has 59 heavy (non-hydrogen) atoms.